The van der Waals surface area contributed by atoms with Crippen LogP contribution in [0.25, 0.3) is 10.9 Å². The molecule has 3 aromatic rings. The Morgan fingerprint density at radius 2 is 1.70 bits per heavy atom. The maximum absolute atomic E-state index is 12.4. The summed E-state index contributed by atoms with van der Waals surface area (Å²) in [6.45, 7) is 1.87. The Balaban J connectivity index is 1.96. The number of hydrogen-bond acceptors (Lipinski definition) is 3. The van der Waals surface area contributed by atoms with Gasteiger partial charge in [0.2, 0.25) is 0 Å². The van der Waals surface area contributed by atoms with Crippen LogP contribution < -0.4 is 4.72 Å². The van der Waals surface area contributed by atoms with Gasteiger partial charge in [-0.05, 0) is 25.1 Å². The highest BCUT2D eigenvalue weighted by Crippen LogP contribution is 2.21. The highest BCUT2D eigenvalue weighted by molar-refractivity contribution is 7.90. The highest BCUT2D eigenvalue weighted by atomic mass is 32.2. The molecule has 5 nitrogen and oxygen atoms in total. The lowest BCUT2D eigenvalue weighted by Gasteiger charge is -2.06. The van der Waals surface area contributed by atoms with Crippen molar-refractivity contribution in [3.8, 4) is 0 Å². The Kier molecular flexibility index (Phi) is 3.69. The molecule has 1 N–H and O–H groups in total. The number of aromatic nitrogens is 1. The first-order chi connectivity index (χ1) is 10.9. The van der Waals surface area contributed by atoms with Gasteiger partial charge in [-0.3, -0.25) is 4.79 Å². The van der Waals surface area contributed by atoms with Crippen molar-refractivity contribution < 1.29 is 13.2 Å². The summed E-state index contributed by atoms with van der Waals surface area (Å²) < 4.78 is 28.6. The second-order valence-electron chi connectivity index (χ2n) is 5.42. The number of carbonyl (C=O) groups is 1. The monoisotopic (exact) mass is 328 g/mol. The Bertz CT molecular complexity index is 986. The Morgan fingerprint density at radius 3 is 2.39 bits per heavy atom. The molecule has 0 atom stereocenters. The fourth-order valence-electron chi connectivity index (χ4n) is 2.48. The smallest absolute Gasteiger partial charge is 0.267 e. The van der Waals surface area contributed by atoms with Gasteiger partial charge in [0, 0.05) is 24.1 Å². The number of rotatable bonds is 3. The van der Waals surface area contributed by atoms with Crippen LogP contribution in [0.2, 0.25) is 0 Å². The van der Waals surface area contributed by atoms with Crippen molar-refractivity contribution in [1.29, 1.82) is 0 Å². The molecule has 1 heterocycles. The summed E-state index contributed by atoms with van der Waals surface area (Å²) in [5.41, 5.74) is 2.15. The average Bonchev–Trinajstić information content (AvgIpc) is 2.85. The van der Waals surface area contributed by atoms with Gasteiger partial charge in [0.25, 0.3) is 15.9 Å². The Morgan fingerprint density at radius 1 is 1.04 bits per heavy atom. The molecule has 0 fully saturated rings. The van der Waals surface area contributed by atoms with Crippen LogP contribution in [0.1, 0.15) is 15.9 Å². The van der Waals surface area contributed by atoms with E-state index in [0.717, 1.165) is 11.1 Å². The molecular weight excluding hydrogens is 312 g/mol. The summed E-state index contributed by atoms with van der Waals surface area (Å²) in [5, 5.41) is 0.714. The zero-order chi connectivity index (χ0) is 16.6. The molecule has 6 heteroatoms. The molecule has 0 aliphatic rings. The maximum atomic E-state index is 12.4. The first kappa shape index (κ1) is 15.3. The molecule has 118 valence electrons. The van der Waals surface area contributed by atoms with Crippen molar-refractivity contribution in [3.05, 3.63) is 65.9 Å². The van der Waals surface area contributed by atoms with Crippen molar-refractivity contribution in [2.75, 3.05) is 0 Å². The standard InChI is InChI=1S/C17H16N2O3S/c1-12-7-9-13(10-8-12)23(21,22)18-17(20)15-11-19(2)16-6-4-3-5-14(15)16/h3-11H,1-2H3,(H,18,20). The fourth-order valence-corrected chi connectivity index (χ4v) is 3.44. The molecule has 23 heavy (non-hydrogen) atoms. The van der Waals surface area contributed by atoms with Crippen LogP contribution in [0.15, 0.2) is 59.6 Å². The topological polar surface area (TPSA) is 68.2 Å². The van der Waals surface area contributed by atoms with E-state index in [0.29, 0.717) is 10.9 Å². The lowest BCUT2D eigenvalue weighted by molar-refractivity contribution is 0.0983. The number of hydrogen-bond donors (Lipinski definition) is 1. The Hall–Kier alpha value is -2.60. The largest absolute Gasteiger partial charge is 0.350 e. The number of aryl methyl sites for hydroxylation is 2. The van der Waals surface area contributed by atoms with E-state index in [1.54, 1.807) is 29.0 Å². The van der Waals surface area contributed by atoms with Gasteiger partial charge >= 0.3 is 0 Å². The summed E-state index contributed by atoms with van der Waals surface area (Å²) in [6.07, 6.45) is 1.63. The van der Waals surface area contributed by atoms with E-state index in [4.69, 9.17) is 0 Å². The number of benzene rings is 2. The van der Waals surface area contributed by atoms with Crippen molar-refractivity contribution in [3.63, 3.8) is 0 Å². The SMILES string of the molecule is Cc1ccc(S(=O)(=O)NC(=O)c2cn(C)c3ccccc23)cc1. The number of fused-ring (bicyclic) bond motifs is 1. The van der Waals surface area contributed by atoms with Gasteiger partial charge in [-0.15, -0.1) is 0 Å². The normalized spacial score (nSPS) is 11.6. The second kappa shape index (κ2) is 5.55. The van der Waals surface area contributed by atoms with Crippen LogP contribution >= 0.6 is 0 Å². The van der Waals surface area contributed by atoms with Gasteiger partial charge in [0.1, 0.15) is 0 Å². The number of nitrogens with one attached hydrogen (secondary N) is 1. The molecule has 1 amide bonds. The van der Waals surface area contributed by atoms with E-state index < -0.39 is 15.9 Å². The maximum Gasteiger partial charge on any atom is 0.267 e. The number of para-hydroxylation sites is 1. The van der Waals surface area contributed by atoms with Crippen LogP contribution in [0, 0.1) is 6.92 Å². The minimum Gasteiger partial charge on any atom is -0.350 e. The van der Waals surface area contributed by atoms with Gasteiger partial charge in [-0.1, -0.05) is 35.9 Å². The van der Waals surface area contributed by atoms with E-state index in [2.05, 4.69) is 4.72 Å². The third-order valence-corrected chi connectivity index (χ3v) is 5.05. The van der Waals surface area contributed by atoms with Gasteiger partial charge < -0.3 is 4.57 Å². The highest BCUT2D eigenvalue weighted by Gasteiger charge is 2.21. The summed E-state index contributed by atoms with van der Waals surface area (Å²) >= 11 is 0. The molecule has 0 radical (unpaired) electrons. The molecule has 0 bridgehead atoms. The van der Waals surface area contributed by atoms with Gasteiger partial charge in [-0.25, -0.2) is 13.1 Å². The third kappa shape index (κ3) is 2.85. The predicted octanol–water partition coefficient (Wildman–Crippen LogP) is 2.61. The predicted molar refractivity (Wildman–Crippen MR) is 88.8 cm³/mol. The van der Waals surface area contributed by atoms with E-state index >= 15 is 0 Å². The average molecular weight is 328 g/mol. The fraction of sp³-hybridized carbons (Fsp3) is 0.118. The van der Waals surface area contributed by atoms with Gasteiger partial charge in [0.05, 0.1) is 10.5 Å². The van der Waals surface area contributed by atoms with Crippen LogP contribution in [0.3, 0.4) is 0 Å². The van der Waals surface area contributed by atoms with Crippen molar-refractivity contribution in [2.24, 2.45) is 7.05 Å². The van der Waals surface area contributed by atoms with Crippen LogP contribution in [0.5, 0.6) is 0 Å². The van der Waals surface area contributed by atoms with Gasteiger partial charge in [0.15, 0.2) is 0 Å². The second-order valence-corrected chi connectivity index (χ2v) is 7.10. The first-order valence-corrected chi connectivity index (χ1v) is 8.55. The zero-order valence-corrected chi connectivity index (χ0v) is 13.6. The van der Waals surface area contributed by atoms with Crippen LogP contribution in [-0.4, -0.2) is 18.9 Å². The number of carbonyl (C=O) groups excluding carboxylic acids is 1. The molecule has 2 aromatic carbocycles. The first-order valence-electron chi connectivity index (χ1n) is 7.06. The van der Waals surface area contributed by atoms with Crippen LogP contribution in [0.4, 0.5) is 0 Å². The third-order valence-electron chi connectivity index (χ3n) is 3.70. The zero-order valence-electron chi connectivity index (χ0n) is 12.8. The van der Waals surface area contributed by atoms with E-state index in [-0.39, 0.29) is 4.90 Å². The van der Waals surface area contributed by atoms with Crippen LogP contribution in [-0.2, 0) is 17.1 Å². The summed E-state index contributed by atoms with van der Waals surface area (Å²) in [6, 6.07) is 13.7. The van der Waals surface area contributed by atoms with Crippen molar-refractivity contribution >= 4 is 26.8 Å². The van der Waals surface area contributed by atoms with E-state index in [1.165, 1.54) is 12.1 Å². The lowest BCUT2D eigenvalue weighted by Crippen LogP contribution is -2.30. The number of amides is 1. The number of nitrogens with zero attached hydrogens (tertiary/aromatic N) is 1. The molecule has 1 aromatic heterocycles. The molecular formula is C17H16N2O3S. The van der Waals surface area contributed by atoms with Crippen molar-refractivity contribution in [1.82, 2.24) is 9.29 Å². The molecule has 0 saturated heterocycles. The van der Waals surface area contributed by atoms with Gasteiger partial charge in [-0.2, -0.15) is 0 Å². The quantitative estimate of drug-likeness (QED) is 0.803. The molecule has 3 rings (SSSR count). The molecule has 0 unspecified atom stereocenters. The molecule has 0 aliphatic carbocycles. The summed E-state index contributed by atoms with van der Waals surface area (Å²) in [7, 11) is -2.08. The van der Waals surface area contributed by atoms with E-state index in [1.807, 2.05) is 32.2 Å². The van der Waals surface area contributed by atoms with Crippen molar-refractivity contribution in [2.45, 2.75) is 11.8 Å². The number of sulfonamides is 1. The van der Waals surface area contributed by atoms with E-state index in [9.17, 15) is 13.2 Å². The lowest BCUT2D eigenvalue weighted by atomic mass is 10.2. The summed E-state index contributed by atoms with van der Waals surface area (Å²) in [4.78, 5) is 12.5. The summed E-state index contributed by atoms with van der Waals surface area (Å²) in [5.74, 6) is -0.637. The molecule has 0 aliphatic heterocycles. The molecule has 0 saturated carbocycles. The molecule has 0 spiro atoms. The Labute approximate surface area is 134 Å². The minimum absolute atomic E-state index is 0.0664. The minimum atomic E-state index is -3.89.